The van der Waals surface area contributed by atoms with Crippen molar-refractivity contribution < 1.29 is 27.8 Å². The van der Waals surface area contributed by atoms with Crippen molar-refractivity contribution in [3.05, 3.63) is 64.3 Å². The lowest BCUT2D eigenvalue weighted by atomic mass is 10.2. The van der Waals surface area contributed by atoms with E-state index < -0.39 is 0 Å². The van der Waals surface area contributed by atoms with Crippen LogP contribution in [-0.2, 0) is 22.6 Å². The Bertz CT molecular complexity index is 1020. The highest BCUT2D eigenvalue weighted by Gasteiger charge is 2.16. The van der Waals surface area contributed by atoms with Crippen LogP contribution in [0.2, 0.25) is 0 Å². The largest absolute Gasteiger partial charge is 0.486 e. The van der Waals surface area contributed by atoms with Crippen molar-refractivity contribution in [2.75, 3.05) is 13.2 Å². The fourth-order valence-corrected chi connectivity index (χ4v) is 3.27. The minimum absolute atomic E-state index is 0.114. The number of benzene rings is 2. The molecule has 2 aromatic carbocycles. The first-order chi connectivity index (χ1) is 14.1. The van der Waals surface area contributed by atoms with Crippen LogP contribution in [0.5, 0.6) is 11.5 Å². The molecule has 1 aliphatic heterocycles. The molecule has 0 N–H and O–H groups in total. The number of hydrogen-bond acceptors (Lipinski definition) is 6. The first kappa shape index (κ1) is 19.4. The fraction of sp³-hybridized carbons (Fsp3) is 0.238. The van der Waals surface area contributed by atoms with Gasteiger partial charge in [0.25, 0.3) is 0 Å². The molecule has 8 heteroatoms. The maximum absolute atomic E-state index is 13.0. The van der Waals surface area contributed by atoms with E-state index in [9.17, 15) is 9.18 Å². The van der Waals surface area contributed by atoms with Gasteiger partial charge in [0.15, 0.2) is 23.1 Å². The van der Waals surface area contributed by atoms with Gasteiger partial charge < -0.3 is 18.6 Å². The number of halogens is 2. The van der Waals surface area contributed by atoms with Crippen LogP contribution in [-0.4, -0.2) is 24.2 Å². The number of carbonyl (C=O) groups excluding carboxylic acids is 1. The van der Waals surface area contributed by atoms with E-state index in [0.717, 1.165) is 15.6 Å². The Balaban J connectivity index is 1.30. The van der Waals surface area contributed by atoms with Crippen LogP contribution >= 0.6 is 15.9 Å². The standard InChI is InChI=1S/C21H17BrFNO5/c22-16-10-18-17(26-7-8-27-18)9-14(16)12-28-21(25)6-5-20-24-11-19(29-20)13-1-3-15(23)4-2-13/h1-4,9-11H,5-8,12H2. The molecule has 4 rings (SSSR count). The fourth-order valence-electron chi connectivity index (χ4n) is 2.83. The molecule has 6 nitrogen and oxygen atoms in total. The second-order valence-corrected chi connectivity index (χ2v) is 7.23. The van der Waals surface area contributed by atoms with Gasteiger partial charge in [0.2, 0.25) is 0 Å². The number of aryl methyl sites for hydroxylation is 1. The third kappa shape index (κ3) is 4.76. The molecule has 29 heavy (non-hydrogen) atoms. The van der Waals surface area contributed by atoms with Gasteiger partial charge in [-0.25, -0.2) is 9.37 Å². The van der Waals surface area contributed by atoms with Crippen molar-refractivity contribution in [1.82, 2.24) is 4.98 Å². The number of hydrogen-bond donors (Lipinski definition) is 0. The zero-order chi connectivity index (χ0) is 20.2. The molecule has 0 unspecified atom stereocenters. The molecule has 1 aromatic heterocycles. The highest BCUT2D eigenvalue weighted by molar-refractivity contribution is 9.10. The minimum Gasteiger partial charge on any atom is -0.486 e. The van der Waals surface area contributed by atoms with Crippen molar-refractivity contribution in [3.8, 4) is 22.8 Å². The molecule has 0 spiro atoms. The Morgan fingerprint density at radius 2 is 1.86 bits per heavy atom. The number of esters is 1. The molecule has 2 heterocycles. The molecule has 0 saturated heterocycles. The molecule has 0 amide bonds. The number of aromatic nitrogens is 1. The summed E-state index contributed by atoms with van der Waals surface area (Å²) in [5, 5.41) is 0. The van der Waals surface area contributed by atoms with E-state index in [4.69, 9.17) is 18.6 Å². The van der Waals surface area contributed by atoms with Gasteiger partial charge in [-0.1, -0.05) is 15.9 Å². The molecular formula is C21H17BrFNO5. The predicted octanol–water partition coefficient (Wildman–Crippen LogP) is 4.69. The lowest BCUT2D eigenvalue weighted by Crippen LogP contribution is -2.15. The topological polar surface area (TPSA) is 70.8 Å². The van der Waals surface area contributed by atoms with Crippen LogP contribution < -0.4 is 9.47 Å². The monoisotopic (exact) mass is 461 g/mol. The molecule has 3 aromatic rings. The van der Waals surface area contributed by atoms with Gasteiger partial charge in [-0.3, -0.25) is 4.79 Å². The van der Waals surface area contributed by atoms with Crippen molar-refractivity contribution in [2.24, 2.45) is 0 Å². The van der Waals surface area contributed by atoms with Crippen LogP contribution in [0.25, 0.3) is 11.3 Å². The Kier molecular flexibility index (Phi) is 5.80. The Morgan fingerprint density at radius 1 is 1.14 bits per heavy atom. The second-order valence-electron chi connectivity index (χ2n) is 6.37. The van der Waals surface area contributed by atoms with Crippen LogP contribution in [0.3, 0.4) is 0 Å². The van der Waals surface area contributed by atoms with E-state index in [1.54, 1.807) is 30.5 Å². The third-order valence-corrected chi connectivity index (χ3v) is 5.06. The number of ether oxygens (including phenoxy) is 3. The summed E-state index contributed by atoms with van der Waals surface area (Å²) >= 11 is 3.46. The quantitative estimate of drug-likeness (QED) is 0.495. The molecular weight excluding hydrogens is 445 g/mol. The van der Waals surface area contributed by atoms with Gasteiger partial charge in [0, 0.05) is 22.0 Å². The summed E-state index contributed by atoms with van der Waals surface area (Å²) in [4.78, 5) is 16.3. The maximum Gasteiger partial charge on any atom is 0.306 e. The summed E-state index contributed by atoms with van der Waals surface area (Å²) in [7, 11) is 0. The first-order valence-electron chi connectivity index (χ1n) is 9.03. The van der Waals surface area contributed by atoms with Gasteiger partial charge in [0.05, 0.1) is 12.6 Å². The van der Waals surface area contributed by atoms with Crippen molar-refractivity contribution in [1.29, 1.82) is 0 Å². The summed E-state index contributed by atoms with van der Waals surface area (Å²) in [6, 6.07) is 9.53. The van der Waals surface area contributed by atoms with Crippen LogP contribution in [0.1, 0.15) is 17.9 Å². The minimum atomic E-state index is -0.367. The van der Waals surface area contributed by atoms with Gasteiger partial charge in [-0.15, -0.1) is 0 Å². The van der Waals surface area contributed by atoms with E-state index in [2.05, 4.69) is 20.9 Å². The highest BCUT2D eigenvalue weighted by atomic mass is 79.9. The maximum atomic E-state index is 13.0. The molecule has 150 valence electrons. The number of nitrogens with zero attached hydrogens (tertiary/aromatic N) is 1. The summed E-state index contributed by atoms with van der Waals surface area (Å²) in [5.74, 6) is 1.56. The number of rotatable bonds is 6. The molecule has 0 fully saturated rings. The normalized spacial score (nSPS) is 12.6. The number of carbonyl (C=O) groups is 1. The zero-order valence-electron chi connectivity index (χ0n) is 15.3. The van der Waals surface area contributed by atoms with Gasteiger partial charge in [0.1, 0.15) is 25.6 Å². The van der Waals surface area contributed by atoms with Crippen molar-refractivity contribution in [2.45, 2.75) is 19.4 Å². The van der Waals surface area contributed by atoms with Gasteiger partial charge in [-0.05, 0) is 36.4 Å². The average molecular weight is 462 g/mol. The number of oxazole rings is 1. The summed E-state index contributed by atoms with van der Waals surface area (Å²) in [6.45, 7) is 1.11. The molecule has 0 bridgehead atoms. The summed E-state index contributed by atoms with van der Waals surface area (Å²) in [6.07, 6.45) is 1.99. The average Bonchev–Trinajstić information content (AvgIpc) is 3.20. The Labute approximate surface area is 174 Å². The Morgan fingerprint density at radius 3 is 2.62 bits per heavy atom. The lowest BCUT2D eigenvalue weighted by Gasteiger charge is -2.19. The first-order valence-corrected chi connectivity index (χ1v) is 9.82. The van der Waals surface area contributed by atoms with Crippen LogP contribution in [0, 0.1) is 5.82 Å². The molecule has 0 atom stereocenters. The summed E-state index contributed by atoms with van der Waals surface area (Å²) in [5.41, 5.74) is 1.51. The Hall–Kier alpha value is -2.87. The van der Waals surface area contributed by atoms with Gasteiger partial charge in [-0.2, -0.15) is 0 Å². The van der Waals surface area contributed by atoms with E-state index >= 15 is 0 Å². The van der Waals surface area contributed by atoms with Crippen LogP contribution in [0.15, 0.2) is 51.5 Å². The number of fused-ring (bicyclic) bond motifs is 1. The van der Waals surface area contributed by atoms with E-state index in [1.165, 1.54) is 12.1 Å². The molecule has 0 saturated carbocycles. The van der Waals surface area contributed by atoms with Crippen LogP contribution in [0.4, 0.5) is 4.39 Å². The van der Waals surface area contributed by atoms with Crippen molar-refractivity contribution in [3.63, 3.8) is 0 Å². The molecule has 1 aliphatic rings. The molecule has 0 aliphatic carbocycles. The SMILES string of the molecule is O=C(CCc1ncc(-c2ccc(F)cc2)o1)OCc1cc2c(cc1Br)OCCO2. The predicted molar refractivity (Wildman–Crippen MR) is 105 cm³/mol. The van der Waals surface area contributed by atoms with E-state index in [1.807, 2.05) is 0 Å². The second kappa shape index (κ2) is 8.65. The smallest absolute Gasteiger partial charge is 0.306 e. The third-order valence-electron chi connectivity index (χ3n) is 4.33. The summed E-state index contributed by atoms with van der Waals surface area (Å²) < 4.78 is 35.8. The zero-order valence-corrected chi connectivity index (χ0v) is 16.9. The highest BCUT2D eigenvalue weighted by Crippen LogP contribution is 2.35. The van der Waals surface area contributed by atoms with E-state index in [-0.39, 0.29) is 24.8 Å². The van der Waals surface area contributed by atoms with Crippen molar-refractivity contribution >= 4 is 21.9 Å². The molecule has 0 radical (unpaired) electrons. The van der Waals surface area contributed by atoms with E-state index in [0.29, 0.717) is 42.8 Å². The lowest BCUT2D eigenvalue weighted by molar-refractivity contribution is -0.145. The van der Waals surface area contributed by atoms with Gasteiger partial charge >= 0.3 is 5.97 Å².